The molecule has 5 amide bonds. The predicted molar refractivity (Wildman–Crippen MR) is 134 cm³/mol. The molecular weight excluding hydrogens is 543 g/mol. The molecule has 1 aromatic rings. The number of hydrogen-bond acceptors (Lipinski definition) is 6. The number of piperazine rings is 1. The van der Waals surface area contributed by atoms with E-state index in [4.69, 9.17) is 16.3 Å². The molecule has 0 unspecified atom stereocenters. The van der Waals surface area contributed by atoms with Crippen LogP contribution in [0.5, 0.6) is 0 Å². The van der Waals surface area contributed by atoms with Gasteiger partial charge >= 0.3 is 18.3 Å². The normalized spacial score (nSPS) is 19.0. The maximum atomic E-state index is 13.1. The fraction of sp³-hybridized carbons (Fsp3) is 0.560. The Morgan fingerprint density at radius 1 is 1.00 bits per heavy atom. The second kappa shape index (κ2) is 11.9. The van der Waals surface area contributed by atoms with Crippen molar-refractivity contribution in [3.63, 3.8) is 0 Å². The minimum Gasteiger partial charge on any atom is -0.427 e. The molecule has 1 aromatic carbocycles. The number of aliphatic imine (C=N–C) groups is 1. The second-order valence-electron chi connectivity index (χ2n) is 9.81. The van der Waals surface area contributed by atoms with Crippen molar-refractivity contribution in [2.24, 2.45) is 4.99 Å². The van der Waals surface area contributed by atoms with Gasteiger partial charge < -0.3 is 19.4 Å². The van der Waals surface area contributed by atoms with Gasteiger partial charge in [0.25, 0.3) is 5.91 Å². The first-order valence-electron chi connectivity index (χ1n) is 12.6. The molecular formula is C25H29ClF3N5O5. The summed E-state index contributed by atoms with van der Waals surface area (Å²) in [5.41, 5.74) is -0.254. The van der Waals surface area contributed by atoms with E-state index in [0.717, 1.165) is 6.07 Å². The van der Waals surface area contributed by atoms with E-state index in [1.807, 2.05) is 7.05 Å². The largest absolute Gasteiger partial charge is 0.427 e. The molecule has 3 heterocycles. The summed E-state index contributed by atoms with van der Waals surface area (Å²) in [6.07, 6.45) is -1.08. The molecule has 212 valence electrons. The maximum Gasteiger partial charge on any atom is 0.417 e. The number of fused-ring (bicyclic) bond motifs is 1. The number of amides is 5. The van der Waals surface area contributed by atoms with Gasteiger partial charge in [0.1, 0.15) is 5.71 Å². The molecule has 39 heavy (non-hydrogen) atoms. The van der Waals surface area contributed by atoms with Gasteiger partial charge in [-0.25, -0.2) is 14.5 Å². The van der Waals surface area contributed by atoms with Crippen molar-refractivity contribution in [2.75, 3.05) is 40.0 Å². The number of rotatable bonds is 5. The number of alkyl halides is 3. The number of nitrogens with zero attached hydrogens (tertiary/aromatic N) is 5. The first-order chi connectivity index (χ1) is 18.4. The van der Waals surface area contributed by atoms with Gasteiger partial charge in [0.05, 0.1) is 10.6 Å². The van der Waals surface area contributed by atoms with E-state index in [2.05, 4.69) is 9.89 Å². The standard InChI is InChI=1S/C22H23ClF3N5O5.C3H6/c1-28-4-6-29(7-5-28)21(35)36-12-31-19(33)17(27-20(31)34)2-3-18(32)30-10-13-8-15(22(24,25)26)16(23)9-14(13)11-30;1-2-3-1/h8-9H,2-7,10-12H2,1H3;1-3H2. The van der Waals surface area contributed by atoms with Crippen LogP contribution in [0.3, 0.4) is 0 Å². The molecule has 0 spiro atoms. The molecule has 3 aliphatic heterocycles. The van der Waals surface area contributed by atoms with Gasteiger partial charge in [0, 0.05) is 52.1 Å². The van der Waals surface area contributed by atoms with E-state index in [-0.39, 0.29) is 31.6 Å². The predicted octanol–water partition coefficient (Wildman–Crippen LogP) is 3.90. The number of urea groups is 1. The van der Waals surface area contributed by atoms with Crippen molar-refractivity contribution in [1.29, 1.82) is 0 Å². The molecule has 1 saturated carbocycles. The van der Waals surface area contributed by atoms with Gasteiger partial charge in [-0.2, -0.15) is 18.2 Å². The number of hydrogen-bond donors (Lipinski definition) is 0. The Morgan fingerprint density at radius 3 is 2.21 bits per heavy atom. The van der Waals surface area contributed by atoms with Crippen molar-refractivity contribution < 1.29 is 37.1 Å². The van der Waals surface area contributed by atoms with Gasteiger partial charge in [-0.15, -0.1) is 0 Å². The van der Waals surface area contributed by atoms with Crippen LogP contribution in [0, 0.1) is 0 Å². The van der Waals surface area contributed by atoms with E-state index < -0.39 is 47.4 Å². The number of likely N-dealkylation sites (N-methyl/N-ethyl adjacent to an activating group) is 1. The molecule has 0 N–H and O–H groups in total. The second-order valence-corrected chi connectivity index (χ2v) is 10.2. The highest BCUT2D eigenvalue weighted by Crippen LogP contribution is 2.38. The highest BCUT2D eigenvalue weighted by Gasteiger charge is 2.37. The molecule has 0 atom stereocenters. The summed E-state index contributed by atoms with van der Waals surface area (Å²) in [5.74, 6) is -1.18. The lowest BCUT2D eigenvalue weighted by molar-refractivity contribution is -0.137. The SMILES string of the molecule is C1CC1.CN1CCN(C(=O)OCN2C(=O)N=C(CCC(=O)N3Cc4cc(Cl)c(C(F)(F)F)cc4C3)C2=O)CC1. The number of imide groups is 1. The van der Waals surface area contributed by atoms with Crippen molar-refractivity contribution >= 4 is 41.3 Å². The zero-order chi connectivity index (χ0) is 28.3. The Labute approximate surface area is 228 Å². The van der Waals surface area contributed by atoms with E-state index in [1.54, 1.807) is 0 Å². The van der Waals surface area contributed by atoms with Crippen LogP contribution in [-0.2, 0) is 33.6 Å². The first kappa shape index (κ1) is 28.8. The molecule has 10 nitrogen and oxygen atoms in total. The molecule has 2 fully saturated rings. The van der Waals surface area contributed by atoms with Crippen LogP contribution < -0.4 is 0 Å². The molecule has 4 aliphatic rings. The fourth-order valence-electron chi connectivity index (χ4n) is 4.14. The van der Waals surface area contributed by atoms with E-state index in [0.29, 0.717) is 42.2 Å². The molecule has 1 saturated heterocycles. The first-order valence-corrected chi connectivity index (χ1v) is 13.0. The zero-order valence-electron chi connectivity index (χ0n) is 21.4. The van der Waals surface area contributed by atoms with Crippen LogP contribution in [0.4, 0.5) is 22.8 Å². The van der Waals surface area contributed by atoms with Crippen molar-refractivity contribution in [2.45, 2.75) is 51.4 Å². The third kappa shape index (κ3) is 7.27. The van der Waals surface area contributed by atoms with E-state index in [9.17, 15) is 32.3 Å². The van der Waals surface area contributed by atoms with Crippen LogP contribution >= 0.6 is 11.6 Å². The van der Waals surface area contributed by atoms with Gasteiger partial charge in [-0.05, 0) is 30.3 Å². The van der Waals surface area contributed by atoms with Crippen molar-refractivity contribution in [3.05, 3.63) is 33.8 Å². The van der Waals surface area contributed by atoms with Gasteiger partial charge in [-0.1, -0.05) is 30.9 Å². The monoisotopic (exact) mass is 571 g/mol. The smallest absolute Gasteiger partial charge is 0.417 e. The molecule has 1 aliphatic carbocycles. The summed E-state index contributed by atoms with van der Waals surface area (Å²) < 4.78 is 44.4. The molecule has 0 bridgehead atoms. The Kier molecular flexibility index (Phi) is 8.80. The third-order valence-corrected chi connectivity index (χ3v) is 6.94. The van der Waals surface area contributed by atoms with Crippen molar-refractivity contribution in [3.8, 4) is 0 Å². The lowest BCUT2D eigenvalue weighted by atomic mass is 10.1. The summed E-state index contributed by atoms with van der Waals surface area (Å²) in [5, 5.41) is -0.437. The van der Waals surface area contributed by atoms with Crippen LogP contribution in [0.1, 0.15) is 48.8 Å². The summed E-state index contributed by atoms with van der Waals surface area (Å²) in [6, 6.07) is 1.25. The molecule has 0 aromatic heterocycles. The lowest BCUT2D eigenvalue weighted by Gasteiger charge is -2.31. The van der Waals surface area contributed by atoms with Crippen LogP contribution in [0.25, 0.3) is 0 Å². The van der Waals surface area contributed by atoms with Crippen LogP contribution in [-0.4, -0.2) is 89.2 Å². The summed E-state index contributed by atoms with van der Waals surface area (Å²) in [7, 11) is 1.93. The summed E-state index contributed by atoms with van der Waals surface area (Å²) in [6.45, 7) is 1.75. The molecule has 14 heteroatoms. The average Bonchev–Trinajstić information content (AvgIpc) is 3.66. The summed E-state index contributed by atoms with van der Waals surface area (Å²) >= 11 is 5.76. The third-order valence-electron chi connectivity index (χ3n) is 6.63. The van der Waals surface area contributed by atoms with Gasteiger partial charge in [-0.3, -0.25) is 9.59 Å². The Balaban J connectivity index is 0.00000110. The number of carbonyl (C=O) groups is 4. The minimum absolute atomic E-state index is 0.0257. The van der Waals surface area contributed by atoms with Crippen LogP contribution in [0.15, 0.2) is 17.1 Å². The number of benzene rings is 1. The number of halogens is 4. The highest BCUT2D eigenvalue weighted by atomic mass is 35.5. The molecule has 5 rings (SSSR count). The maximum absolute atomic E-state index is 13.1. The van der Waals surface area contributed by atoms with E-state index >= 15 is 0 Å². The Morgan fingerprint density at radius 2 is 1.62 bits per heavy atom. The lowest BCUT2D eigenvalue weighted by Crippen LogP contribution is -2.48. The topological polar surface area (TPSA) is 103 Å². The van der Waals surface area contributed by atoms with Gasteiger partial charge in [0.15, 0.2) is 6.73 Å². The number of ether oxygens (including phenoxy) is 1. The Hall–Kier alpha value is -3.19. The van der Waals surface area contributed by atoms with Crippen LogP contribution in [0.2, 0.25) is 5.02 Å². The average molecular weight is 572 g/mol. The fourth-order valence-corrected chi connectivity index (χ4v) is 4.43. The zero-order valence-corrected chi connectivity index (χ0v) is 22.2. The van der Waals surface area contributed by atoms with Gasteiger partial charge in [0.2, 0.25) is 5.91 Å². The molecule has 0 radical (unpaired) electrons. The number of carbonyl (C=O) groups excluding carboxylic acids is 4. The van der Waals surface area contributed by atoms with Crippen molar-refractivity contribution in [1.82, 2.24) is 19.6 Å². The quantitative estimate of drug-likeness (QED) is 0.531. The Bertz CT molecular complexity index is 1180. The minimum atomic E-state index is -4.61. The highest BCUT2D eigenvalue weighted by molar-refractivity contribution is 6.46. The van der Waals surface area contributed by atoms with E-state index in [1.165, 1.54) is 35.1 Å². The summed E-state index contributed by atoms with van der Waals surface area (Å²) in [4.78, 5) is 58.7.